The molecule has 0 atom stereocenters. The molecule has 0 spiro atoms. The first-order valence-electron chi connectivity index (χ1n) is 13.4. The maximum absolute atomic E-state index is 6.50. The highest BCUT2D eigenvalue weighted by Crippen LogP contribution is 2.45. The van der Waals surface area contributed by atoms with Crippen LogP contribution in [0.25, 0.3) is 11.1 Å². The first kappa shape index (κ1) is 27.1. The molecule has 4 aromatic rings. The van der Waals surface area contributed by atoms with Crippen LogP contribution in [0.3, 0.4) is 0 Å². The Labute approximate surface area is 227 Å². The second kappa shape index (κ2) is 13.0. The molecule has 0 fully saturated rings. The van der Waals surface area contributed by atoms with E-state index in [0.29, 0.717) is 13.2 Å². The summed E-state index contributed by atoms with van der Waals surface area (Å²) in [5.41, 5.74) is 6.45. The summed E-state index contributed by atoms with van der Waals surface area (Å²) < 4.78 is 18.9. The lowest BCUT2D eigenvalue weighted by Crippen LogP contribution is -2.18. The lowest BCUT2D eigenvalue weighted by molar-refractivity contribution is 0.288. The van der Waals surface area contributed by atoms with Gasteiger partial charge < -0.3 is 19.1 Å². The Kier molecular flexibility index (Phi) is 9.31. The van der Waals surface area contributed by atoms with E-state index >= 15 is 0 Å². The van der Waals surface area contributed by atoms with E-state index in [1.54, 1.807) is 7.11 Å². The van der Waals surface area contributed by atoms with Crippen molar-refractivity contribution < 1.29 is 14.2 Å². The fourth-order valence-corrected chi connectivity index (χ4v) is 4.66. The van der Waals surface area contributed by atoms with Crippen molar-refractivity contribution in [3.8, 4) is 28.4 Å². The Balaban J connectivity index is 1.81. The van der Waals surface area contributed by atoms with Gasteiger partial charge in [0.15, 0.2) is 0 Å². The normalized spacial score (nSPS) is 10.9. The molecule has 0 bridgehead atoms. The molecular weight excluding hydrogens is 470 g/mol. The zero-order valence-corrected chi connectivity index (χ0v) is 23.2. The minimum atomic E-state index is 0.264. The number of benzene rings is 4. The molecule has 0 aliphatic carbocycles. The predicted octanol–water partition coefficient (Wildman–Crippen LogP) is 8.49. The minimum Gasteiger partial charge on any atom is -0.494 e. The summed E-state index contributed by atoms with van der Waals surface area (Å²) in [6, 6.07) is 31.1. The molecule has 38 heavy (non-hydrogen) atoms. The highest BCUT2D eigenvalue weighted by molar-refractivity contribution is 5.83. The molecule has 0 radical (unpaired) electrons. The van der Waals surface area contributed by atoms with Crippen LogP contribution in [0.5, 0.6) is 17.2 Å². The molecule has 198 valence electrons. The Hall–Kier alpha value is -3.92. The number of para-hydroxylation sites is 1. The molecular formula is C34H39NO3. The molecule has 4 heteroatoms. The Morgan fingerprint density at radius 2 is 1.32 bits per heavy atom. The van der Waals surface area contributed by atoms with Gasteiger partial charge in [-0.15, -0.1) is 0 Å². The summed E-state index contributed by atoms with van der Waals surface area (Å²) in [6.45, 7) is 8.48. The third-order valence-corrected chi connectivity index (χ3v) is 6.67. The molecule has 0 aromatic heterocycles. The third kappa shape index (κ3) is 6.49. The topological polar surface area (TPSA) is 30.9 Å². The Bertz CT molecular complexity index is 1300. The first-order valence-corrected chi connectivity index (χ1v) is 13.4. The number of methoxy groups -OCH3 is 1. The van der Waals surface area contributed by atoms with E-state index in [0.717, 1.165) is 63.7 Å². The standard InChI is InChI=1S/C34H39NO3/c1-6-20-35(4)31-19-13-18-28(34(31)36-5)30-21-29(25(2)3)32(37-23-26-14-9-7-10-15-26)22-33(30)38-24-27-16-11-8-12-17-27/h7-19,21-22,25H,6,20,23-24H2,1-5H3. The average Bonchev–Trinajstić information content (AvgIpc) is 2.95. The second-order valence-electron chi connectivity index (χ2n) is 9.87. The lowest BCUT2D eigenvalue weighted by atomic mass is 9.94. The van der Waals surface area contributed by atoms with Gasteiger partial charge >= 0.3 is 0 Å². The van der Waals surface area contributed by atoms with Gasteiger partial charge in [-0.25, -0.2) is 0 Å². The van der Waals surface area contributed by atoms with E-state index in [1.165, 1.54) is 0 Å². The molecule has 0 unspecified atom stereocenters. The van der Waals surface area contributed by atoms with Crippen molar-refractivity contribution in [3.63, 3.8) is 0 Å². The molecule has 4 nitrogen and oxygen atoms in total. The molecule has 0 heterocycles. The van der Waals surface area contributed by atoms with Crippen molar-refractivity contribution in [3.05, 3.63) is 108 Å². The van der Waals surface area contributed by atoms with Crippen LogP contribution < -0.4 is 19.1 Å². The van der Waals surface area contributed by atoms with Crippen molar-refractivity contribution in [2.45, 2.75) is 46.3 Å². The van der Waals surface area contributed by atoms with Crippen LogP contribution in [0.1, 0.15) is 49.8 Å². The average molecular weight is 510 g/mol. The quantitative estimate of drug-likeness (QED) is 0.192. The minimum absolute atomic E-state index is 0.264. The molecule has 0 N–H and O–H groups in total. The highest BCUT2D eigenvalue weighted by Gasteiger charge is 2.21. The van der Waals surface area contributed by atoms with Crippen LogP contribution in [0.2, 0.25) is 0 Å². The third-order valence-electron chi connectivity index (χ3n) is 6.67. The first-order chi connectivity index (χ1) is 18.5. The van der Waals surface area contributed by atoms with Crippen molar-refractivity contribution in [1.82, 2.24) is 0 Å². The SMILES string of the molecule is CCCN(C)c1cccc(-c2cc(C(C)C)c(OCc3ccccc3)cc2OCc2ccccc2)c1OC. The highest BCUT2D eigenvalue weighted by atomic mass is 16.5. The van der Waals surface area contributed by atoms with E-state index in [9.17, 15) is 0 Å². The number of ether oxygens (including phenoxy) is 3. The maximum Gasteiger partial charge on any atom is 0.150 e. The molecule has 0 amide bonds. The monoisotopic (exact) mass is 509 g/mol. The van der Waals surface area contributed by atoms with E-state index in [2.05, 4.69) is 87.3 Å². The van der Waals surface area contributed by atoms with E-state index in [4.69, 9.17) is 14.2 Å². The number of hydrogen-bond donors (Lipinski definition) is 0. The zero-order valence-electron chi connectivity index (χ0n) is 23.2. The predicted molar refractivity (Wildman–Crippen MR) is 158 cm³/mol. The number of rotatable bonds is 12. The van der Waals surface area contributed by atoms with Gasteiger partial charge in [-0.3, -0.25) is 0 Å². The van der Waals surface area contributed by atoms with Gasteiger partial charge in [-0.1, -0.05) is 93.6 Å². The summed E-state index contributed by atoms with van der Waals surface area (Å²) in [5.74, 6) is 2.73. The van der Waals surface area contributed by atoms with Gasteiger partial charge in [-0.2, -0.15) is 0 Å². The molecule has 0 aliphatic rings. The smallest absolute Gasteiger partial charge is 0.150 e. The van der Waals surface area contributed by atoms with Crippen LogP contribution in [0, 0.1) is 0 Å². The van der Waals surface area contributed by atoms with Gasteiger partial charge in [0.1, 0.15) is 30.5 Å². The Morgan fingerprint density at radius 3 is 1.87 bits per heavy atom. The summed E-state index contributed by atoms with van der Waals surface area (Å²) in [6.07, 6.45) is 1.06. The largest absolute Gasteiger partial charge is 0.494 e. The molecule has 0 saturated carbocycles. The van der Waals surface area contributed by atoms with Crippen LogP contribution in [-0.4, -0.2) is 20.7 Å². The number of hydrogen-bond acceptors (Lipinski definition) is 4. The van der Waals surface area contributed by atoms with Gasteiger partial charge in [0.25, 0.3) is 0 Å². The maximum atomic E-state index is 6.50. The lowest BCUT2D eigenvalue weighted by Gasteiger charge is -2.25. The van der Waals surface area contributed by atoms with Gasteiger partial charge in [-0.05, 0) is 41.2 Å². The fraction of sp³-hybridized carbons (Fsp3) is 0.294. The summed E-state index contributed by atoms with van der Waals surface area (Å²) in [5, 5.41) is 0. The molecule has 0 aliphatic heterocycles. The molecule has 4 rings (SSSR count). The number of nitrogens with zero attached hydrogens (tertiary/aromatic N) is 1. The van der Waals surface area contributed by atoms with E-state index < -0.39 is 0 Å². The van der Waals surface area contributed by atoms with Crippen LogP contribution in [-0.2, 0) is 13.2 Å². The van der Waals surface area contributed by atoms with E-state index in [-0.39, 0.29) is 5.92 Å². The van der Waals surface area contributed by atoms with Crippen molar-refractivity contribution in [2.75, 3.05) is 25.6 Å². The zero-order chi connectivity index (χ0) is 26.9. The van der Waals surface area contributed by atoms with Gasteiger partial charge in [0.05, 0.1) is 12.8 Å². The van der Waals surface area contributed by atoms with Crippen LogP contribution in [0.15, 0.2) is 91.0 Å². The Morgan fingerprint density at radius 1 is 0.711 bits per heavy atom. The van der Waals surface area contributed by atoms with Crippen LogP contribution >= 0.6 is 0 Å². The molecule has 4 aromatic carbocycles. The second-order valence-corrected chi connectivity index (χ2v) is 9.87. The summed E-state index contributed by atoms with van der Waals surface area (Å²) >= 11 is 0. The van der Waals surface area contributed by atoms with Crippen molar-refractivity contribution in [1.29, 1.82) is 0 Å². The van der Waals surface area contributed by atoms with Crippen molar-refractivity contribution in [2.24, 2.45) is 0 Å². The summed E-state index contributed by atoms with van der Waals surface area (Å²) in [7, 11) is 3.85. The van der Waals surface area contributed by atoms with Crippen molar-refractivity contribution >= 4 is 5.69 Å². The summed E-state index contributed by atoms with van der Waals surface area (Å²) in [4.78, 5) is 2.24. The fourth-order valence-electron chi connectivity index (χ4n) is 4.66. The van der Waals surface area contributed by atoms with Gasteiger partial charge in [0.2, 0.25) is 0 Å². The van der Waals surface area contributed by atoms with E-state index in [1.807, 2.05) is 36.4 Å². The molecule has 0 saturated heterocycles. The van der Waals surface area contributed by atoms with Gasteiger partial charge in [0, 0.05) is 30.8 Å². The van der Waals surface area contributed by atoms with Crippen LogP contribution in [0.4, 0.5) is 5.69 Å². The number of anilines is 1.